The van der Waals surface area contributed by atoms with Crippen LogP contribution in [0.5, 0.6) is 0 Å². The van der Waals surface area contributed by atoms with E-state index in [9.17, 15) is 9.59 Å². The van der Waals surface area contributed by atoms with Crippen molar-refractivity contribution in [1.82, 2.24) is 9.80 Å². The summed E-state index contributed by atoms with van der Waals surface area (Å²) in [6, 6.07) is -0.578. The number of unbranched alkanes of at least 4 members (excludes halogenated alkanes) is 1. The van der Waals surface area contributed by atoms with Gasteiger partial charge in [-0.15, -0.1) is 0 Å². The Morgan fingerprint density at radius 3 is 2.09 bits per heavy atom. The summed E-state index contributed by atoms with van der Waals surface area (Å²) < 4.78 is 23.1. The fourth-order valence-corrected chi connectivity index (χ4v) is 5.03. The fraction of sp³-hybridized carbons (Fsp3) is 0.920. The van der Waals surface area contributed by atoms with E-state index >= 15 is 0 Å². The second-order valence-corrected chi connectivity index (χ2v) is 11.5. The lowest BCUT2D eigenvalue weighted by Crippen LogP contribution is -2.46. The van der Waals surface area contributed by atoms with E-state index < -0.39 is 17.7 Å². The molecule has 9 heteroatoms. The summed E-state index contributed by atoms with van der Waals surface area (Å²) in [7, 11) is 1.16. The Kier molecular flexibility index (Phi) is 9.50. The van der Waals surface area contributed by atoms with E-state index in [4.69, 9.17) is 18.8 Å². The van der Waals surface area contributed by atoms with Crippen LogP contribution in [0.25, 0.3) is 0 Å². The van der Waals surface area contributed by atoms with E-state index in [-0.39, 0.29) is 36.2 Å². The van der Waals surface area contributed by atoms with Gasteiger partial charge in [-0.3, -0.25) is 9.80 Å². The molecule has 2 aliphatic rings. The van der Waals surface area contributed by atoms with Gasteiger partial charge in [0.05, 0.1) is 18.3 Å². The third-order valence-electron chi connectivity index (χ3n) is 7.50. The van der Waals surface area contributed by atoms with Crippen LogP contribution in [0, 0.1) is 5.92 Å². The topological polar surface area (TPSA) is 77.5 Å². The molecule has 0 N–H and O–H groups in total. The maximum atomic E-state index is 13.1. The zero-order valence-electron chi connectivity index (χ0n) is 23.1. The Balaban J connectivity index is 2.13. The SMILES string of the molecule is CCN(CC)[C@H]1CN(C(=O)OC(C)(C)C)[C@H](C(=O)OC)[C@@H]1CCCCB1OC(C)(C)C(C)(C)O1. The van der Waals surface area contributed by atoms with Gasteiger partial charge in [-0.25, -0.2) is 9.59 Å². The fourth-order valence-electron chi connectivity index (χ4n) is 5.03. The first-order valence-corrected chi connectivity index (χ1v) is 12.8. The molecular weight excluding hydrogens is 435 g/mol. The first-order valence-electron chi connectivity index (χ1n) is 12.8. The summed E-state index contributed by atoms with van der Waals surface area (Å²) in [6.45, 7) is 20.1. The van der Waals surface area contributed by atoms with E-state index in [0.717, 1.165) is 38.7 Å². The molecule has 2 saturated heterocycles. The molecule has 0 spiro atoms. The predicted octanol–water partition coefficient (Wildman–Crippen LogP) is 4.37. The van der Waals surface area contributed by atoms with Gasteiger partial charge in [0, 0.05) is 18.5 Å². The maximum Gasteiger partial charge on any atom is 0.457 e. The van der Waals surface area contributed by atoms with Crippen molar-refractivity contribution in [3.63, 3.8) is 0 Å². The molecule has 2 aliphatic heterocycles. The molecule has 34 heavy (non-hydrogen) atoms. The van der Waals surface area contributed by atoms with Crippen LogP contribution in [0.4, 0.5) is 4.79 Å². The number of hydrogen-bond donors (Lipinski definition) is 0. The van der Waals surface area contributed by atoms with E-state index in [0.29, 0.717) is 6.54 Å². The monoisotopic (exact) mass is 482 g/mol. The first-order chi connectivity index (χ1) is 15.7. The number of likely N-dealkylation sites (tertiary alicyclic amines) is 1. The smallest absolute Gasteiger partial charge is 0.457 e. The number of carbonyl (C=O) groups excluding carboxylic acids is 2. The lowest BCUT2D eigenvalue weighted by atomic mass is 9.80. The number of methoxy groups -OCH3 is 1. The van der Waals surface area contributed by atoms with Crippen molar-refractivity contribution in [3.8, 4) is 0 Å². The molecule has 0 bridgehead atoms. The summed E-state index contributed by atoms with van der Waals surface area (Å²) in [5, 5.41) is 0. The van der Waals surface area contributed by atoms with Crippen molar-refractivity contribution >= 4 is 19.2 Å². The van der Waals surface area contributed by atoms with Crippen molar-refractivity contribution in [2.45, 2.75) is 117 Å². The molecule has 0 unspecified atom stereocenters. The summed E-state index contributed by atoms with van der Waals surface area (Å²) in [5.74, 6) is -0.408. The quantitative estimate of drug-likeness (QED) is 0.274. The van der Waals surface area contributed by atoms with Crippen LogP contribution in [0.15, 0.2) is 0 Å². The molecule has 3 atom stereocenters. The van der Waals surface area contributed by atoms with Crippen LogP contribution in [-0.2, 0) is 23.6 Å². The van der Waals surface area contributed by atoms with Gasteiger partial charge in [-0.2, -0.15) is 0 Å². The van der Waals surface area contributed by atoms with Crippen LogP contribution in [0.1, 0.15) is 81.6 Å². The van der Waals surface area contributed by atoms with E-state index in [1.807, 2.05) is 20.8 Å². The standard InChI is InChI=1S/C25H47BN2O6/c1-11-27(12-2)19-17-28(22(30)32-23(3,4)5)20(21(29)31-10)18(19)15-13-14-16-26-33-24(6,7)25(8,9)34-26/h18-20H,11-17H2,1-10H3/t18-,19+,20+/m1/s1. The molecule has 0 aromatic heterocycles. The Morgan fingerprint density at radius 2 is 1.62 bits per heavy atom. The van der Waals surface area contributed by atoms with Gasteiger partial charge in [0.1, 0.15) is 11.6 Å². The largest absolute Gasteiger partial charge is 0.467 e. The van der Waals surface area contributed by atoms with Crippen molar-refractivity contribution in [3.05, 3.63) is 0 Å². The molecular formula is C25H47BN2O6. The minimum Gasteiger partial charge on any atom is -0.467 e. The molecule has 8 nitrogen and oxygen atoms in total. The van der Waals surface area contributed by atoms with Gasteiger partial charge < -0.3 is 18.8 Å². The molecule has 0 aliphatic carbocycles. The summed E-state index contributed by atoms with van der Waals surface area (Å²) in [5.41, 5.74) is -1.30. The molecule has 0 aromatic rings. The molecule has 2 heterocycles. The lowest BCUT2D eigenvalue weighted by Gasteiger charge is -2.32. The van der Waals surface area contributed by atoms with Gasteiger partial charge in [-0.1, -0.05) is 26.7 Å². The normalized spacial score (nSPS) is 26.3. The minimum absolute atomic E-state index is 0.0295. The molecule has 196 valence electrons. The van der Waals surface area contributed by atoms with Crippen molar-refractivity contribution in [2.75, 3.05) is 26.7 Å². The average molecular weight is 482 g/mol. The Morgan fingerprint density at radius 1 is 1.06 bits per heavy atom. The number of esters is 1. The van der Waals surface area contributed by atoms with Crippen molar-refractivity contribution in [2.24, 2.45) is 5.92 Å². The third-order valence-corrected chi connectivity index (χ3v) is 7.50. The predicted molar refractivity (Wildman–Crippen MR) is 134 cm³/mol. The Hall–Kier alpha value is -1.32. The molecule has 2 fully saturated rings. The van der Waals surface area contributed by atoms with E-state index in [1.165, 1.54) is 7.11 Å². The lowest BCUT2D eigenvalue weighted by molar-refractivity contribution is -0.147. The zero-order valence-corrected chi connectivity index (χ0v) is 23.1. The number of rotatable bonds is 9. The van der Waals surface area contributed by atoms with Crippen LogP contribution in [0.3, 0.4) is 0 Å². The summed E-state index contributed by atoms with van der Waals surface area (Å²) in [6.07, 6.45) is 2.97. The molecule has 0 radical (unpaired) electrons. The molecule has 1 amide bonds. The van der Waals surface area contributed by atoms with Crippen molar-refractivity contribution in [1.29, 1.82) is 0 Å². The number of carbonyl (C=O) groups is 2. The van der Waals surface area contributed by atoms with Crippen LogP contribution < -0.4 is 0 Å². The highest BCUT2D eigenvalue weighted by molar-refractivity contribution is 6.45. The van der Waals surface area contributed by atoms with Crippen molar-refractivity contribution < 1.29 is 28.4 Å². The average Bonchev–Trinajstić information content (AvgIpc) is 3.18. The van der Waals surface area contributed by atoms with Gasteiger partial charge in [0.25, 0.3) is 0 Å². The maximum absolute atomic E-state index is 13.1. The van der Waals surface area contributed by atoms with Gasteiger partial charge in [0.2, 0.25) is 0 Å². The molecule has 0 saturated carbocycles. The Bertz CT molecular complexity index is 688. The van der Waals surface area contributed by atoms with Crippen LogP contribution in [-0.4, -0.2) is 84.6 Å². The van der Waals surface area contributed by atoms with Gasteiger partial charge in [0.15, 0.2) is 0 Å². The first kappa shape index (κ1) is 28.9. The number of nitrogens with zero attached hydrogens (tertiary/aromatic N) is 2. The summed E-state index contributed by atoms with van der Waals surface area (Å²) in [4.78, 5) is 29.9. The van der Waals surface area contributed by atoms with Crippen LogP contribution >= 0.6 is 0 Å². The van der Waals surface area contributed by atoms with E-state index in [2.05, 4.69) is 46.4 Å². The second kappa shape index (κ2) is 11.2. The minimum atomic E-state index is -0.651. The number of hydrogen-bond acceptors (Lipinski definition) is 7. The number of likely N-dealkylation sites (N-methyl/N-ethyl adjacent to an activating group) is 1. The van der Waals surface area contributed by atoms with Gasteiger partial charge >= 0.3 is 19.2 Å². The second-order valence-electron chi connectivity index (χ2n) is 11.5. The highest BCUT2D eigenvalue weighted by atomic mass is 16.7. The number of ether oxygens (including phenoxy) is 2. The van der Waals surface area contributed by atoms with Crippen LogP contribution in [0.2, 0.25) is 6.32 Å². The summed E-state index contributed by atoms with van der Waals surface area (Å²) >= 11 is 0. The zero-order chi connectivity index (χ0) is 25.9. The highest BCUT2D eigenvalue weighted by Crippen LogP contribution is 2.39. The Labute approximate surface area is 207 Å². The number of amides is 1. The van der Waals surface area contributed by atoms with E-state index in [1.54, 1.807) is 4.90 Å². The van der Waals surface area contributed by atoms with Gasteiger partial charge in [-0.05, 0) is 74.3 Å². The molecule has 0 aromatic carbocycles. The molecule has 2 rings (SSSR count). The third kappa shape index (κ3) is 6.67. The highest BCUT2D eigenvalue weighted by Gasteiger charge is 2.52.